The second-order valence-electron chi connectivity index (χ2n) is 5.40. The lowest BCUT2D eigenvalue weighted by Gasteiger charge is -2.21. The number of aryl methyl sites for hydroxylation is 1. The molecule has 1 heterocycles. The smallest absolute Gasteiger partial charge is 0.266 e. The van der Waals surface area contributed by atoms with Crippen LogP contribution in [-0.2, 0) is 6.42 Å². The third-order valence-electron chi connectivity index (χ3n) is 4.06. The fourth-order valence-electron chi connectivity index (χ4n) is 2.92. The molecule has 2 amide bonds. The molecule has 4 nitrogen and oxygen atoms in total. The van der Waals surface area contributed by atoms with Gasteiger partial charge in [0, 0.05) is 5.56 Å². The van der Waals surface area contributed by atoms with E-state index in [0.29, 0.717) is 29.0 Å². The fourth-order valence-corrected chi connectivity index (χ4v) is 2.92. The molecule has 0 bridgehead atoms. The van der Waals surface area contributed by atoms with Gasteiger partial charge < -0.3 is 4.74 Å². The zero-order valence-electron chi connectivity index (χ0n) is 13.1. The summed E-state index contributed by atoms with van der Waals surface area (Å²) in [7, 11) is 1.54. The van der Waals surface area contributed by atoms with E-state index in [-0.39, 0.29) is 11.8 Å². The zero-order chi connectivity index (χ0) is 16.6. The maximum atomic E-state index is 12.7. The van der Waals surface area contributed by atoms with Crippen LogP contribution in [0.15, 0.2) is 49.1 Å². The monoisotopic (exact) mass is 307 g/mol. The average molecular weight is 307 g/mol. The normalized spacial score (nSPS) is 13.2. The van der Waals surface area contributed by atoms with Crippen LogP contribution in [0.5, 0.6) is 5.75 Å². The van der Waals surface area contributed by atoms with E-state index in [1.807, 2.05) is 13.0 Å². The Morgan fingerprint density at radius 1 is 1.09 bits per heavy atom. The van der Waals surface area contributed by atoms with E-state index in [1.54, 1.807) is 43.5 Å². The van der Waals surface area contributed by atoms with Gasteiger partial charge in [0.15, 0.2) is 0 Å². The summed E-state index contributed by atoms with van der Waals surface area (Å²) in [6.07, 6.45) is 2.38. The van der Waals surface area contributed by atoms with Gasteiger partial charge in [-0.05, 0) is 37.1 Å². The number of carbonyl (C=O) groups excluding carboxylic acids is 2. The molecule has 0 saturated carbocycles. The number of ether oxygens (including phenoxy) is 1. The molecule has 0 spiro atoms. The summed E-state index contributed by atoms with van der Waals surface area (Å²) in [4.78, 5) is 26.5. The molecule has 0 fully saturated rings. The van der Waals surface area contributed by atoms with Gasteiger partial charge in [-0.25, -0.2) is 4.90 Å². The van der Waals surface area contributed by atoms with Crippen molar-refractivity contribution in [2.24, 2.45) is 0 Å². The van der Waals surface area contributed by atoms with Gasteiger partial charge in [0.25, 0.3) is 11.8 Å². The molecule has 0 N–H and O–H groups in total. The Balaban J connectivity index is 2.17. The molecule has 2 aromatic carbocycles. The Hall–Kier alpha value is -2.88. The Morgan fingerprint density at radius 2 is 1.70 bits per heavy atom. The van der Waals surface area contributed by atoms with Crippen LogP contribution in [0.4, 0.5) is 5.69 Å². The van der Waals surface area contributed by atoms with E-state index in [2.05, 4.69) is 6.58 Å². The number of anilines is 1. The quantitative estimate of drug-likeness (QED) is 0.641. The van der Waals surface area contributed by atoms with Crippen molar-refractivity contribution in [1.82, 2.24) is 0 Å². The number of carbonyl (C=O) groups is 2. The summed E-state index contributed by atoms with van der Waals surface area (Å²) < 4.78 is 5.52. The molecule has 0 radical (unpaired) electrons. The van der Waals surface area contributed by atoms with Crippen LogP contribution in [0.1, 0.15) is 31.8 Å². The highest BCUT2D eigenvalue weighted by Gasteiger charge is 2.38. The van der Waals surface area contributed by atoms with E-state index >= 15 is 0 Å². The summed E-state index contributed by atoms with van der Waals surface area (Å²) in [6, 6.07) is 10.5. The summed E-state index contributed by atoms with van der Waals surface area (Å²) in [6.45, 7) is 5.72. The fraction of sp³-hybridized carbons (Fsp3) is 0.158. The van der Waals surface area contributed by atoms with Gasteiger partial charge >= 0.3 is 0 Å². The third kappa shape index (κ3) is 2.23. The number of benzene rings is 2. The first kappa shape index (κ1) is 15.0. The average Bonchev–Trinajstić information content (AvgIpc) is 2.81. The van der Waals surface area contributed by atoms with E-state index in [9.17, 15) is 9.59 Å². The molecule has 2 aromatic rings. The standard InChI is InChI=1S/C19H17NO3/c1-4-7-13-12(2)10-11-16(17(13)23-3)20-18(21)14-8-5-6-9-15(14)19(20)22/h4-6,8-11H,1,7H2,2-3H3. The summed E-state index contributed by atoms with van der Waals surface area (Å²) in [5.74, 6) is -0.103. The Bertz CT molecular complexity index is 788. The SMILES string of the molecule is C=CCc1c(C)ccc(N2C(=O)c3ccccc3C2=O)c1OC. The van der Waals surface area contributed by atoms with Crippen molar-refractivity contribution in [3.05, 3.63) is 71.3 Å². The van der Waals surface area contributed by atoms with E-state index in [1.165, 1.54) is 4.90 Å². The third-order valence-corrected chi connectivity index (χ3v) is 4.06. The van der Waals surface area contributed by atoms with Gasteiger partial charge in [-0.1, -0.05) is 24.3 Å². The van der Waals surface area contributed by atoms with E-state index in [0.717, 1.165) is 11.1 Å². The minimum atomic E-state index is -0.322. The predicted molar refractivity (Wildman–Crippen MR) is 89.2 cm³/mol. The second-order valence-corrected chi connectivity index (χ2v) is 5.40. The maximum Gasteiger partial charge on any atom is 0.266 e. The van der Waals surface area contributed by atoms with Gasteiger partial charge in [0.1, 0.15) is 5.75 Å². The van der Waals surface area contributed by atoms with Crippen molar-refractivity contribution in [3.8, 4) is 5.75 Å². The number of hydrogen-bond acceptors (Lipinski definition) is 3. The molecule has 4 heteroatoms. The minimum Gasteiger partial charge on any atom is -0.494 e. The predicted octanol–water partition coefficient (Wildman–Crippen LogP) is 3.53. The molecule has 116 valence electrons. The van der Waals surface area contributed by atoms with Crippen molar-refractivity contribution in [2.45, 2.75) is 13.3 Å². The van der Waals surface area contributed by atoms with Crippen molar-refractivity contribution < 1.29 is 14.3 Å². The lowest BCUT2D eigenvalue weighted by Crippen LogP contribution is -2.30. The van der Waals surface area contributed by atoms with Gasteiger partial charge in [-0.2, -0.15) is 0 Å². The van der Waals surface area contributed by atoms with Crippen molar-refractivity contribution >= 4 is 17.5 Å². The molecule has 0 aliphatic carbocycles. The molecule has 0 atom stereocenters. The van der Waals surface area contributed by atoms with Crippen LogP contribution < -0.4 is 9.64 Å². The summed E-state index contributed by atoms with van der Waals surface area (Å²) >= 11 is 0. The number of imide groups is 1. The maximum absolute atomic E-state index is 12.7. The molecule has 0 aromatic heterocycles. The first-order valence-corrected chi connectivity index (χ1v) is 7.35. The van der Waals surface area contributed by atoms with Crippen molar-refractivity contribution in [2.75, 3.05) is 12.0 Å². The first-order chi connectivity index (χ1) is 11.1. The lowest BCUT2D eigenvalue weighted by atomic mass is 10.0. The minimum absolute atomic E-state index is 0.322. The lowest BCUT2D eigenvalue weighted by molar-refractivity contribution is 0.0925. The van der Waals surface area contributed by atoms with Gasteiger partial charge in [-0.3, -0.25) is 9.59 Å². The number of allylic oxidation sites excluding steroid dienone is 1. The van der Waals surface area contributed by atoms with Crippen LogP contribution in [0, 0.1) is 6.92 Å². The number of methoxy groups -OCH3 is 1. The molecular formula is C19H17NO3. The van der Waals surface area contributed by atoms with Crippen molar-refractivity contribution in [1.29, 1.82) is 0 Å². The van der Waals surface area contributed by atoms with Crippen LogP contribution in [0.3, 0.4) is 0 Å². The molecule has 1 aliphatic rings. The van der Waals surface area contributed by atoms with E-state index < -0.39 is 0 Å². The molecule has 3 rings (SSSR count). The first-order valence-electron chi connectivity index (χ1n) is 7.35. The molecule has 0 unspecified atom stereocenters. The van der Waals surface area contributed by atoms with Crippen LogP contribution in [-0.4, -0.2) is 18.9 Å². The highest BCUT2D eigenvalue weighted by atomic mass is 16.5. The summed E-state index contributed by atoms with van der Waals surface area (Å²) in [5.41, 5.74) is 3.27. The van der Waals surface area contributed by atoms with Crippen LogP contribution in [0.25, 0.3) is 0 Å². The highest BCUT2D eigenvalue weighted by Crippen LogP contribution is 2.38. The van der Waals surface area contributed by atoms with Crippen LogP contribution in [0.2, 0.25) is 0 Å². The molecule has 0 saturated heterocycles. The molecule has 23 heavy (non-hydrogen) atoms. The topological polar surface area (TPSA) is 46.6 Å². The van der Waals surface area contributed by atoms with Gasteiger partial charge in [-0.15, -0.1) is 6.58 Å². The van der Waals surface area contributed by atoms with Crippen molar-refractivity contribution in [3.63, 3.8) is 0 Å². The largest absolute Gasteiger partial charge is 0.494 e. The van der Waals surface area contributed by atoms with Gasteiger partial charge in [0.2, 0.25) is 0 Å². The second kappa shape index (κ2) is 5.72. The van der Waals surface area contributed by atoms with E-state index in [4.69, 9.17) is 4.74 Å². The van der Waals surface area contributed by atoms with Crippen LogP contribution >= 0.6 is 0 Å². The Morgan fingerprint density at radius 3 is 2.22 bits per heavy atom. The zero-order valence-corrected chi connectivity index (χ0v) is 13.1. The highest BCUT2D eigenvalue weighted by molar-refractivity contribution is 6.34. The Labute approximate surface area is 135 Å². The Kier molecular flexibility index (Phi) is 3.74. The summed E-state index contributed by atoms with van der Waals surface area (Å²) in [5, 5.41) is 0. The number of fused-ring (bicyclic) bond motifs is 1. The molecule has 1 aliphatic heterocycles. The number of hydrogen-bond donors (Lipinski definition) is 0. The number of rotatable bonds is 4. The number of amides is 2. The van der Waals surface area contributed by atoms with Gasteiger partial charge in [0.05, 0.1) is 23.9 Å². The number of nitrogens with zero attached hydrogens (tertiary/aromatic N) is 1. The molecular weight excluding hydrogens is 290 g/mol.